The van der Waals surface area contributed by atoms with Crippen LogP contribution in [0.5, 0.6) is 0 Å². The van der Waals surface area contributed by atoms with Gasteiger partial charge in [-0.25, -0.2) is 13.8 Å². The van der Waals surface area contributed by atoms with Gasteiger partial charge in [0.05, 0.1) is 17.7 Å². The fourth-order valence-electron chi connectivity index (χ4n) is 2.36. The fraction of sp³-hybridized carbons (Fsp3) is 0.300. The minimum atomic E-state index is -3.78. The average molecular weight is 422 g/mol. The minimum Gasteiger partial charge on any atom is -0.272 e. The van der Waals surface area contributed by atoms with Gasteiger partial charge < -0.3 is 0 Å². The Labute approximate surface area is 171 Å². The number of benzene rings is 2. The molecule has 0 saturated heterocycles. The van der Waals surface area contributed by atoms with Gasteiger partial charge in [-0.05, 0) is 40.8 Å². The van der Waals surface area contributed by atoms with E-state index in [2.05, 4.69) is 31.3 Å². The lowest BCUT2D eigenvalue weighted by atomic mass is 9.87. The van der Waals surface area contributed by atoms with Crippen LogP contribution in [-0.4, -0.2) is 38.4 Å². The van der Waals surface area contributed by atoms with Gasteiger partial charge in [0.2, 0.25) is 10.0 Å². The second kappa shape index (κ2) is 8.86. The third kappa shape index (κ3) is 5.89. The quantitative estimate of drug-likeness (QED) is 0.573. The molecule has 0 aliphatic rings. The van der Waals surface area contributed by atoms with Crippen LogP contribution in [0.3, 0.4) is 0 Å². The van der Waals surface area contributed by atoms with E-state index in [1.165, 1.54) is 43.1 Å². The molecule has 0 atom stereocenters. The largest absolute Gasteiger partial charge is 0.272 e. The lowest BCUT2D eigenvalue weighted by Gasteiger charge is -2.18. The Bertz CT molecular complexity index is 948. The maximum absolute atomic E-state index is 12.5. The van der Waals surface area contributed by atoms with Crippen molar-refractivity contribution >= 4 is 33.7 Å². The first-order valence-electron chi connectivity index (χ1n) is 8.64. The lowest BCUT2D eigenvalue weighted by Crippen LogP contribution is -2.36. The predicted octanol–water partition coefficient (Wildman–Crippen LogP) is 3.41. The Hall–Kier alpha value is -2.22. The van der Waals surface area contributed by atoms with Gasteiger partial charge in [-0.2, -0.15) is 9.41 Å². The zero-order chi connectivity index (χ0) is 20.9. The van der Waals surface area contributed by atoms with Gasteiger partial charge in [-0.3, -0.25) is 4.79 Å². The smallest absolute Gasteiger partial charge is 0.255 e. The first-order valence-corrected chi connectivity index (χ1v) is 10.5. The van der Waals surface area contributed by atoms with E-state index in [1.807, 2.05) is 24.3 Å². The van der Waals surface area contributed by atoms with E-state index in [0.29, 0.717) is 5.02 Å². The molecule has 6 nitrogen and oxygen atoms in total. The number of rotatable bonds is 6. The molecular weight excluding hydrogens is 398 g/mol. The van der Waals surface area contributed by atoms with Crippen LogP contribution in [0.2, 0.25) is 5.02 Å². The van der Waals surface area contributed by atoms with Crippen LogP contribution in [0.25, 0.3) is 0 Å². The molecular formula is C20H24ClN3O3S. The van der Waals surface area contributed by atoms with E-state index in [9.17, 15) is 13.2 Å². The van der Waals surface area contributed by atoms with Crippen molar-refractivity contribution < 1.29 is 13.2 Å². The lowest BCUT2D eigenvalue weighted by molar-refractivity contribution is -0.121. The molecule has 0 unspecified atom stereocenters. The van der Waals surface area contributed by atoms with Crippen molar-refractivity contribution in [2.75, 3.05) is 13.6 Å². The van der Waals surface area contributed by atoms with Crippen molar-refractivity contribution in [3.63, 3.8) is 0 Å². The van der Waals surface area contributed by atoms with Crippen molar-refractivity contribution in [2.24, 2.45) is 5.10 Å². The van der Waals surface area contributed by atoms with Gasteiger partial charge in [0.1, 0.15) is 0 Å². The number of hydrazone groups is 1. The molecule has 0 fully saturated rings. The normalized spacial score (nSPS) is 12.5. The minimum absolute atomic E-state index is 0.0596. The number of carbonyl (C=O) groups excluding carboxylic acids is 1. The summed E-state index contributed by atoms with van der Waals surface area (Å²) in [6, 6.07) is 13.6. The number of amides is 1. The molecule has 0 bridgehead atoms. The molecule has 150 valence electrons. The third-order valence-corrected chi connectivity index (χ3v) is 6.14. The van der Waals surface area contributed by atoms with E-state index in [0.717, 1.165) is 9.87 Å². The molecule has 0 saturated carbocycles. The number of hydrogen-bond donors (Lipinski definition) is 1. The number of halogens is 1. The zero-order valence-electron chi connectivity index (χ0n) is 16.3. The Morgan fingerprint density at radius 2 is 1.68 bits per heavy atom. The number of nitrogens with one attached hydrogen (secondary N) is 1. The molecule has 8 heteroatoms. The van der Waals surface area contributed by atoms with Crippen LogP contribution < -0.4 is 5.43 Å². The van der Waals surface area contributed by atoms with Gasteiger partial charge >= 0.3 is 0 Å². The first kappa shape index (κ1) is 22.1. The summed E-state index contributed by atoms with van der Waals surface area (Å²) in [5.41, 5.74) is 4.43. The highest BCUT2D eigenvalue weighted by Crippen LogP contribution is 2.21. The molecule has 1 N–H and O–H groups in total. The van der Waals surface area contributed by atoms with Gasteiger partial charge in [-0.1, -0.05) is 56.6 Å². The van der Waals surface area contributed by atoms with Crippen LogP contribution >= 0.6 is 11.6 Å². The van der Waals surface area contributed by atoms with E-state index >= 15 is 0 Å². The van der Waals surface area contributed by atoms with E-state index in [-0.39, 0.29) is 16.9 Å². The Morgan fingerprint density at radius 3 is 2.21 bits per heavy atom. The molecule has 0 spiro atoms. The molecule has 0 heterocycles. The maximum Gasteiger partial charge on any atom is 0.255 e. The van der Waals surface area contributed by atoms with Crippen molar-refractivity contribution in [1.29, 1.82) is 0 Å². The molecule has 0 aromatic heterocycles. The maximum atomic E-state index is 12.5. The highest BCUT2D eigenvalue weighted by atomic mass is 35.5. The fourth-order valence-corrected chi connectivity index (χ4v) is 3.61. The van der Waals surface area contributed by atoms with Crippen molar-refractivity contribution in [2.45, 2.75) is 31.1 Å². The van der Waals surface area contributed by atoms with Gasteiger partial charge in [0.25, 0.3) is 5.91 Å². The summed E-state index contributed by atoms with van der Waals surface area (Å²) >= 11 is 5.78. The number of hydrogen-bond acceptors (Lipinski definition) is 4. The summed E-state index contributed by atoms with van der Waals surface area (Å²) in [5, 5.41) is 4.32. The molecule has 2 aromatic rings. The summed E-state index contributed by atoms with van der Waals surface area (Å²) in [7, 11) is -2.45. The molecule has 0 aliphatic carbocycles. The van der Waals surface area contributed by atoms with Crippen LogP contribution in [-0.2, 0) is 20.2 Å². The number of likely N-dealkylation sites (N-methyl/N-ethyl adjacent to an activating group) is 1. The SMILES string of the molecule is CN(CC(=O)N/N=C\c1ccc(C(C)(C)C)cc1)S(=O)(=O)c1ccc(Cl)cc1. The van der Waals surface area contributed by atoms with Crippen LogP contribution in [0.1, 0.15) is 31.9 Å². The third-order valence-electron chi connectivity index (χ3n) is 4.07. The summed E-state index contributed by atoms with van der Waals surface area (Å²) < 4.78 is 25.9. The van der Waals surface area contributed by atoms with Crippen LogP contribution in [0.4, 0.5) is 0 Å². The predicted molar refractivity (Wildman–Crippen MR) is 112 cm³/mol. The molecule has 28 heavy (non-hydrogen) atoms. The molecule has 0 radical (unpaired) electrons. The molecule has 0 aliphatic heterocycles. The summed E-state index contributed by atoms with van der Waals surface area (Å²) in [5.74, 6) is -0.539. The highest BCUT2D eigenvalue weighted by molar-refractivity contribution is 7.89. The van der Waals surface area contributed by atoms with Crippen molar-refractivity contribution in [1.82, 2.24) is 9.73 Å². The Morgan fingerprint density at radius 1 is 1.11 bits per heavy atom. The highest BCUT2D eigenvalue weighted by Gasteiger charge is 2.22. The van der Waals surface area contributed by atoms with Gasteiger partial charge in [0, 0.05) is 12.1 Å². The second-order valence-electron chi connectivity index (χ2n) is 7.38. The summed E-state index contributed by atoms with van der Waals surface area (Å²) in [6.45, 7) is 6.03. The van der Waals surface area contributed by atoms with Gasteiger partial charge in [0.15, 0.2) is 0 Å². The number of sulfonamides is 1. The standard InChI is InChI=1S/C20H24ClN3O3S/c1-20(2,3)16-7-5-15(6-8-16)13-22-23-19(25)14-24(4)28(26,27)18-11-9-17(21)10-12-18/h5-13H,14H2,1-4H3,(H,23,25)/b22-13-. The zero-order valence-corrected chi connectivity index (χ0v) is 17.9. The van der Waals surface area contributed by atoms with E-state index < -0.39 is 15.9 Å². The van der Waals surface area contributed by atoms with Crippen LogP contribution in [0.15, 0.2) is 58.5 Å². The first-order chi connectivity index (χ1) is 13.0. The molecule has 2 rings (SSSR count). The Balaban J connectivity index is 1.94. The van der Waals surface area contributed by atoms with Crippen LogP contribution in [0, 0.1) is 0 Å². The second-order valence-corrected chi connectivity index (χ2v) is 9.86. The van der Waals surface area contributed by atoms with E-state index in [4.69, 9.17) is 11.6 Å². The molecule has 1 amide bonds. The summed E-state index contributed by atoms with van der Waals surface area (Å²) in [4.78, 5) is 12.1. The molecule has 2 aromatic carbocycles. The summed E-state index contributed by atoms with van der Waals surface area (Å²) in [6.07, 6.45) is 1.51. The Kier molecular flexibility index (Phi) is 6.98. The number of nitrogens with zero attached hydrogens (tertiary/aromatic N) is 2. The van der Waals surface area contributed by atoms with Crippen molar-refractivity contribution in [3.05, 3.63) is 64.7 Å². The van der Waals surface area contributed by atoms with E-state index in [1.54, 1.807) is 0 Å². The van der Waals surface area contributed by atoms with Crippen molar-refractivity contribution in [3.8, 4) is 0 Å². The van der Waals surface area contributed by atoms with Gasteiger partial charge in [-0.15, -0.1) is 0 Å². The number of carbonyl (C=O) groups is 1. The average Bonchev–Trinajstić information content (AvgIpc) is 2.61. The monoisotopic (exact) mass is 421 g/mol. The topological polar surface area (TPSA) is 78.8 Å².